The van der Waals surface area contributed by atoms with Crippen molar-refractivity contribution >= 4 is 38.1 Å². The van der Waals surface area contributed by atoms with E-state index in [0.29, 0.717) is 0 Å². The molecule has 1 aromatic carbocycles. The molecule has 0 saturated carbocycles. The van der Waals surface area contributed by atoms with Gasteiger partial charge in [-0.05, 0) is 65.2 Å². The molecule has 0 unspecified atom stereocenters. The van der Waals surface area contributed by atoms with Gasteiger partial charge in [0.05, 0.1) is 16.8 Å². The molecule has 0 spiro atoms. The molecule has 3 rings (SSSR count). The number of aromatic nitrogens is 4. The third-order valence-corrected chi connectivity index (χ3v) is 5.38. The molecular formula is C17H19BrFN7O8S. The van der Waals surface area contributed by atoms with Gasteiger partial charge < -0.3 is 4.74 Å². The molecule has 35 heavy (non-hydrogen) atoms. The predicted molar refractivity (Wildman–Crippen MR) is 119 cm³/mol. The Morgan fingerprint density at radius 2 is 2.00 bits per heavy atom. The highest BCUT2D eigenvalue weighted by Crippen LogP contribution is 2.26. The van der Waals surface area contributed by atoms with Gasteiger partial charge in [0.1, 0.15) is 11.4 Å². The Morgan fingerprint density at radius 1 is 1.26 bits per heavy atom. The van der Waals surface area contributed by atoms with Crippen molar-refractivity contribution in [3.05, 3.63) is 39.0 Å². The summed E-state index contributed by atoms with van der Waals surface area (Å²) in [5.41, 5.74) is 1.62. The van der Waals surface area contributed by atoms with Crippen LogP contribution in [-0.4, -0.2) is 53.3 Å². The molecule has 0 bridgehead atoms. The number of ether oxygens (including phenoxy) is 1. The molecule has 2 aromatic heterocycles. The van der Waals surface area contributed by atoms with Crippen LogP contribution in [-0.2, 0) is 19.8 Å². The van der Waals surface area contributed by atoms with Crippen LogP contribution < -0.4 is 20.7 Å². The number of nitrogens with zero attached hydrogens (tertiary/aromatic N) is 4. The van der Waals surface area contributed by atoms with Crippen LogP contribution in [0.1, 0.15) is 20.8 Å². The molecule has 0 saturated heterocycles. The van der Waals surface area contributed by atoms with Gasteiger partial charge in [-0.1, -0.05) is 5.16 Å². The Bertz CT molecular complexity index is 1370. The van der Waals surface area contributed by atoms with Crippen LogP contribution in [0.3, 0.4) is 0 Å². The van der Waals surface area contributed by atoms with E-state index in [1.807, 2.05) is 0 Å². The zero-order valence-electron chi connectivity index (χ0n) is 18.4. The third-order valence-electron chi connectivity index (χ3n) is 3.75. The fraction of sp³-hybridized carbons (Fsp3) is 0.353. The number of hydrogen-bond acceptors (Lipinski definition) is 12. The van der Waals surface area contributed by atoms with Gasteiger partial charge >= 0.3 is 22.1 Å². The first-order valence-corrected chi connectivity index (χ1v) is 11.9. The Hall–Kier alpha value is -3.35. The maximum absolute atomic E-state index is 13.6. The molecule has 18 heteroatoms. The number of halogens is 2. The third kappa shape index (κ3) is 7.07. The van der Waals surface area contributed by atoms with Crippen LogP contribution in [0.2, 0.25) is 0 Å². The van der Waals surface area contributed by atoms with Gasteiger partial charge in [0.25, 0.3) is 0 Å². The smallest absolute Gasteiger partial charge is 0.443 e. The Kier molecular flexibility index (Phi) is 7.88. The number of benzene rings is 1. The zero-order chi connectivity index (χ0) is 25.8. The van der Waals surface area contributed by atoms with Crippen molar-refractivity contribution in [3.63, 3.8) is 0 Å². The number of carbonyl (C=O) groups excluding carboxylic acids is 1. The van der Waals surface area contributed by atoms with Crippen molar-refractivity contribution in [2.75, 3.05) is 18.6 Å². The topological polar surface area (TPSA) is 193 Å². The predicted octanol–water partition coefficient (Wildman–Crippen LogP) is 1.48. The van der Waals surface area contributed by atoms with Crippen LogP contribution in [0.5, 0.6) is 0 Å². The molecule has 15 nitrogen and oxygen atoms in total. The lowest BCUT2D eigenvalue weighted by Gasteiger charge is -2.19. The van der Waals surface area contributed by atoms with Crippen LogP contribution in [0, 0.1) is 5.82 Å². The van der Waals surface area contributed by atoms with E-state index >= 15 is 0 Å². The second kappa shape index (κ2) is 10.5. The van der Waals surface area contributed by atoms with Gasteiger partial charge in [0, 0.05) is 6.54 Å². The van der Waals surface area contributed by atoms with Crippen molar-refractivity contribution < 1.29 is 36.3 Å². The van der Waals surface area contributed by atoms with E-state index < -0.39 is 33.5 Å². The summed E-state index contributed by atoms with van der Waals surface area (Å²) < 4.78 is 56.4. The lowest BCUT2D eigenvalue weighted by molar-refractivity contribution is 0.0569. The lowest BCUT2D eigenvalue weighted by atomic mass is 10.2. The minimum Gasteiger partial charge on any atom is -0.443 e. The Morgan fingerprint density at radius 3 is 2.69 bits per heavy atom. The first-order chi connectivity index (χ1) is 16.4. The summed E-state index contributed by atoms with van der Waals surface area (Å²) >= 11 is 3.03. The fourth-order valence-corrected chi connectivity index (χ4v) is 3.50. The van der Waals surface area contributed by atoms with Crippen LogP contribution in [0.4, 0.5) is 15.0 Å². The van der Waals surface area contributed by atoms with Crippen molar-refractivity contribution in [1.29, 1.82) is 0 Å². The van der Waals surface area contributed by atoms with Gasteiger partial charge in [-0.3, -0.25) is 9.36 Å². The lowest BCUT2D eigenvalue weighted by Crippen LogP contribution is -2.43. The van der Waals surface area contributed by atoms with E-state index in [0.717, 1.165) is 10.6 Å². The van der Waals surface area contributed by atoms with E-state index in [9.17, 15) is 22.4 Å². The average Bonchev–Trinajstić information content (AvgIpc) is 3.34. The molecule has 2 heterocycles. The van der Waals surface area contributed by atoms with Crippen LogP contribution in [0.15, 0.2) is 36.6 Å². The summed E-state index contributed by atoms with van der Waals surface area (Å²) in [6.07, 6.45) is -1.14. The van der Waals surface area contributed by atoms with Crippen molar-refractivity contribution in [2.24, 2.45) is 0 Å². The Balaban J connectivity index is 1.61. The van der Waals surface area contributed by atoms with Gasteiger partial charge in [-0.15, -0.1) is 0 Å². The molecule has 190 valence electrons. The van der Waals surface area contributed by atoms with E-state index in [4.69, 9.17) is 14.1 Å². The maximum atomic E-state index is 13.6. The number of nitrogens with one attached hydrogen (secondary N) is 3. The van der Waals surface area contributed by atoms with Gasteiger partial charge in [-0.2, -0.15) is 13.1 Å². The molecule has 3 N–H and O–H groups in total. The minimum atomic E-state index is -4.20. The summed E-state index contributed by atoms with van der Waals surface area (Å²) in [7, 11) is -4.20. The first kappa shape index (κ1) is 26.3. The SMILES string of the molecule is CC(C)(C)OC(=O)NS(=O)(=O)NCCONc1nonc1-c1noc(=O)n1-c1ccc(F)c(Br)c1. The van der Waals surface area contributed by atoms with E-state index in [1.165, 1.54) is 12.1 Å². The molecule has 0 radical (unpaired) electrons. The minimum absolute atomic E-state index is 0.0940. The number of amides is 1. The number of anilines is 1. The zero-order valence-corrected chi connectivity index (χ0v) is 20.8. The quantitative estimate of drug-likeness (QED) is 0.244. The molecule has 0 fully saturated rings. The van der Waals surface area contributed by atoms with E-state index in [2.05, 4.69) is 46.2 Å². The molecule has 0 aliphatic rings. The number of hydrogen-bond donors (Lipinski definition) is 3. The molecule has 0 aliphatic carbocycles. The summed E-state index contributed by atoms with van der Waals surface area (Å²) in [6.45, 7) is 4.24. The number of rotatable bonds is 9. The largest absolute Gasteiger partial charge is 0.446 e. The van der Waals surface area contributed by atoms with Gasteiger partial charge in [0.2, 0.25) is 17.3 Å². The number of carbonyl (C=O) groups is 1. The fourth-order valence-electron chi connectivity index (χ4n) is 2.44. The average molecular weight is 580 g/mol. The van der Waals surface area contributed by atoms with Gasteiger partial charge in [0.15, 0.2) is 0 Å². The Labute approximate surface area is 205 Å². The second-order valence-corrected chi connectivity index (χ2v) is 9.97. The van der Waals surface area contributed by atoms with Crippen molar-refractivity contribution in [1.82, 2.24) is 29.5 Å². The highest BCUT2D eigenvalue weighted by molar-refractivity contribution is 9.10. The first-order valence-electron chi connectivity index (χ1n) is 9.61. The van der Waals surface area contributed by atoms with Crippen molar-refractivity contribution in [3.8, 4) is 17.2 Å². The van der Waals surface area contributed by atoms with Gasteiger partial charge in [-0.25, -0.2) is 33.4 Å². The highest BCUT2D eigenvalue weighted by atomic mass is 79.9. The molecule has 3 aromatic rings. The molecule has 0 atom stereocenters. The molecular weight excluding hydrogens is 561 g/mol. The second-order valence-electron chi connectivity index (χ2n) is 7.62. The monoisotopic (exact) mass is 579 g/mol. The van der Waals surface area contributed by atoms with Crippen LogP contribution in [0.25, 0.3) is 17.2 Å². The summed E-state index contributed by atoms with van der Waals surface area (Å²) in [6, 6.07) is 3.77. The summed E-state index contributed by atoms with van der Waals surface area (Å²) in [4.78, 5) is 28.9. The van der Waals surface area contributed by atoms with E-state index in [-0.39, 0.29) is 40.6 Å². The molecule has 1 amide bonds. The maximum Gasteiger partial charge on any atom is 0.446 e. The van der Waals surface area contributed by atoms with Crippen molar-refractivity contribution in [2.45, 2.75) is 26.4 Å². The molecule has 0 aliphatic heterocycles. The van der Waals surface area contributed by atoms with Crippen LogP contribution >= 0.6 is 15.9 Å². The van der Waals surface area contributed by atoms with E-state index in [1.54, 1.807) is 25.5 Å². The summed E-state index contributed by atoms with van der Waals surface area (Å²) in [5, 5.41) is 10.9. The standard InChI is InChI=1S/C17H19BrFN7O8S/c1-17(2,3)32-15(27)25-35(29,30)20-6-7-31-22-13-12(21-34-23-13)14-24-33-16(28)26(14)9-4-5-11(19)10(18)8-9/h4-5,8,20H,6-7H2,1-3H3,(H,22,23)(H,25,27). The summed E-state index contributed by atoms with van der Waals surface area (Å²) in [5.74, 6) is -1.69. The normalized spacial score (nSPS) is 11.9. The highest BCUT2D eigenvalue weighted by Gasteiger charge is 2.24.